The number of allylic oxidation sites excluding steroid dienone is 2. The molecule has 9 aromatic rings. The Hall–Kier alpha value is -11.6. The van der Waals surface area contributed by atoms with Crippen molar-refractivity contribution in [3.63, 3.8) is 0 Å². The standard InChI is InChI=1S/2C20H13N3O2.C6H8N2.C6H4O4.3CO2/c2*24-20(25)11-5-6-14-12(7-11)8-13-9-18-19(10-17(13)21-14)23-16-4-2-1-3-15(16)22-18;7-5-3-1-2-4-6(5)8;7-3-1-4(8)6(10)2-5(3)9;3*2-1-3/h2*1-7,9-10,21H,8H2,(H,24,25);1-4H,7-8H2;1-2,7,10H;;;. The Morgan fingerprint density at radius 3 is 1.00 bits per heavy atom. The van der Waals surface area contributed by atoms with Crippen molar-refractivity contribution in [2.45, 2.75) is 12.8 Å². The summed E-state index contributed by atoms with van der Waals surface area (Å²) >= 11 is 0. The highest BCUT2D eigenvalue weighted by Gasteiger charge is 2.21. The van der Waals surface area contributed by atoms with E-state index in [1.54, 1.807) is 36.4 Å². The van der Waals surface area contributed by atoms with Crippen LogP contribution in [0.15, 0.2) is 157 Å². The molecule has 0 atom stereocenters. The Morgan fingerprint density at radius 1 is 0.416 bits per heavy atom. The van der Waals surface area contributed by atoms with E-state index in [2.05, 4.69) is 10.6 Å². The Labute approximate surface area is 432 Å². The van der Waals surface area contributed by atoms with Gasteiger partial charge in [0.25, 0.3) is 0 Å². The lowest BCUT2D eigenvalue weighted by Crippen LogP contribution is -2.12. The molecule has 22 heteroatoms. The van der Waals surface area contributed by atoms with Gasteiger partial charge in [-0.2, -0.15) is 28.8 Å². The number of nitrogens with one attached hydrogen (secondary N) is 2. The van der Waals surface area contributed by atoms with E-state index in [1.807, 2.05) is 97.1 Å². The lowest BCUT2D eigenvalue weighted by Gasteiger charge is -2.22. The van der Waals surface area contributed by atoms with Crippen LogP contribution in [0, 0.1) is 0 Å². The predicted octanol–water partition coefficient (Wildman–Crippen LogP) is 7.38. The van der Waals surface area contributed by atoms with Gasteiger partial charge in [0.1, 0.15) is 0 Å². The van der Waals surface area contributed by atoms with Gasteiger partial charge < -0.3 is 42.5 Å². The van der Waals surface area contributed by atoms with Crippen molar-refractivity contribution in [2.24, 2.45) is 0 Å². The number of carbonyl (C=O) groups is 4. The molecule has 0 radical (unpaired) electrons. The van der Waals surface area contributed by atoms with Gasteiger partial charge in [-0.25, -0.2) is 29.5 Å². The van der Waals surface area contributed by atoms with Crippen LogP contribution in [0.2, 0.25) is 0 Å². The van der Waals surface area contributed by atoms with Crippen LogP contribution in [0.3, 0.4) is 0 Å². The Balaban J connectivity index is 0.000000171. The van der Waals surface area contributed by atoms with Gasteiger partial charge in [-0.15, -0.1) is 0 Å². The highest BCUT2D eigenvalue weighted by Crippen LogP contribution is 2.37. The van der Waals surface area contributed by atoms with Gasteiger partial charge in [0.2, 0.25) is 11.6 Å². The number of anilines is 6. The van der Waals surface area contributed by atoms with Crippen LogP contribution in [-0.2, 0) is 51.2 Å². The van der Waals surface area contributed by atoms with Crippen molar-refractivity contribution < 1.29 is 68.4 Å². The van der Waals surface area contributed by atoms with E-state index in [0.29, 0.717) is 47.5 Å². The number of fused-ring (bicyclic) bond motifs is 8. The van der Waals surface area contributed by atoms with Crippen molar-refractivity contribution in [3.05, 3.63) is 191 Å². The van der Waals surface area contributed by atoms with Crippen LogP contribution >= 0.6 is 0 Å². The number of nitrogen functional groups attached to an aromatic ring is 2. The molecule has 7 aromatic carbocycles. The maximum atomic E-state index is 11.2. The van der Waals surface area contributed by atoms with Crippen molar-refractivity contribution in [3.8, 4) is 0 Å². The monoisotopic (exact) mass is 1030 g/mol. The fourth-order valence-electron chi connectivity index (χ4n) is 7.69. The second-order valence-electron chi connectivity index (χ2n) is 16.0. The molecule has 77 heavy (non-hydrogen) atoms. The van der Waals surface area contributed by atoms with Crippen LogP contribution in [0.25, 0.3) is 44.1 Å². The SMILES string of the molecule is Nc1ccccc1N.O=C(O)c1ccc2c(c1)Cc1cc3nc4ccccc4nc3cc1N2.O=C(O)c1ccc2c(c1)Cc1cc3nc4ccccc4nc3cc1N2.O=C1C=C(O)C(=O)C=C1O.O=C=O.O=C=O.O=C=O. The first kappa shape index (κ1) is 54.8. The number of nitrogens with two attached hydrogens (primary N) is 2. The number of hydrogen-bond donors (Lipinski definition) is 8. The number of carbonyl (C=O) groups excluding carboxylic acids is 8. The number of aromatic carboxylic acids is 2. The molecule has 0 spiro atoms. The first-order valence-corrected chi connectivity index (χ1v) is 22.1. The number of aliphatic hydroxyl groups is 2. The molecule has 0 amide bonds. The van der Waals surface area contributed by atoms with Gasteiger partial charge in [-0.3, -0.25) is 9.59 Å². The van der Waals surface area contributed by atoms with E-state index in [0.717, 1.165) is 89.1 Å². The molecular weight excluding hydrogens is 997 g/mol. The van der Waals surface area contributed by atoms with Gasteiger partial charge >= 0.3 is 30.4 Å². The Morgan fingerprint density at radius 2 is 0.701 bits per heavy atom. The lowest BCUT2D eigenvalue weighted by atomic mass is 9.95. The predicted molar refractivity (Wildman–Crippen MR) is 275 cm³/mol. The zero-order chi connectivity index (χ0) is 55.8. The summed E-state index contributed by atoms with van der Waals surface area (Å²) in [5.41, 5.74) is 27.5. The normalized spacial score (nSPS) is 11.7. The number of rotatable bonds is 2. The van der Waals surface area contributed by atoms with E-state index in [9.17, 15) is 29.4 Å². The summed E-state index contributed by atoms with van der Waals surface area (Å²) in [7, 11) is 0. The summed E-state index contributed by atoms with van der Waals surface area (Å²) in [6.07, 6.45) is 3.45. The van der Waals surface area contributed by atoms with Crippen LogP contribution in [-0.4, -0.2) is 82.3 Å². The molecule has 1 aliphatic carbocycles. The minimum Gasteiger partial charge on any atom is -0.504 e. The van der Waals surface area contributed by atoms with E-state index in [-0.39, 0.29) is 18.5 Å². The third-order valence-corrected chi connectivity index (χ3v) is 11.2. The van der Waals surface area contributed by atoms with Gasteiger partial charge in [0, 0.05) is 47.7 Å². The van der Waals surface area contributed by atoms with Crippen LogP contribution < -0.4 is 22.1 Å². The molecule has 4 heterocycles. The highest BCUT2D eigenvalue weighted by molar-refractivity contribution is 6.17. The number of benzene rings is 7. The molecule has 2 aromatic heterocycles. The van der Waals surface area contributed by atoms with E-state index < -0.39 is 35.0 Å². The van der Waals surface area contributed by atoms with Crippen molar-refractivity contribution >= 4 is 120 Å². The van der Waals surface area contributed by atoms with Crippen molar-refractivity contribution in [2.75, 3.05) is 22.1 Å². The number of aromatic nitrogens is 4. The summed E-state index contributed by atoms with van der Waals surface area (Å²) < 4.78 is 0. The molecule has 2 aliphatic heterocycles. The average molecular weight is 1030 g/mol. The smallest absolute Gasteiger partial charge is 0.373 e. The van der Waals surface area contributed by atoms with Crippen LogP contribution in [0.1, 0.15) is 43.0 Å². The molecule has 0 fully saturated rings. The van der Waals surface area contributed by atoms with Crippen molar-refractivity contribution in [1.29, 1.82) is 0 Å². The number of carboxylic acid groups (broad SMARTS) is 2. The number of nitrogens with zero attached hydrogens (tertiary/aromatic N) is 4. The number of para-hydroxylation sites is 6. The summed E-state index contributed by atoms with van der Waals surface area (Å²) in [5.74, 6) is -4.60. The van der Waals surface area contributed by atoms with Crippen LogP contribution in [0.5, 0.6) is 0 Å². The number of hydrogen-bond acceptors (Lipinski definition) is 20. The molecule has 0 unspecified atom stereocenters. The molecule has 22 nitrogen and oxygen atoms in total. The van der Waals surface area contributed by atoms with Gasteiger partial charge in [0.05, 0.1) is 66.6 Å². The van der Waals surface area contributed by atoms with E-state index in [1.165, 1.54) is 0 Å². The maximum absolute atomic E-state index is 11.2. The Bertz CT molecular complexity index is 3710. The minimum absolute atomic E-state index is 0.250. The summed E-state index contributed by atoms with van der Waals surface area (Å²) in [6.45, 7) is 0. The largest absolute Gasteiger partial charge is 0.504 e. The lowest BCUT2D eigenvalue weighted by molar-refractivity contribution is -0.193. The van der Waals surface area contributed by atoms with Gasteiger partial charge in [-0.05, 0) is 119 Å². The second kappa shape index (κ2) is 25.2. The zero-order valence-electron chi connectivity index (χ0n) is 39.6. The summed E-state index contributed by atoms with van der Waals surface area (Å²) in [5, 5.41) is 42.3. The summed E-state index contributed by atoms with van der Waals surface area (Å²) in [4.78, 5) is 111. The molecule has 0 saturated heterocycles. The number of aliphatic hydroxyl groups excluding tert-OH is 2. The molecule has 3 aliphatic rings. The zero-order valence-corrected chi connectivity index (χ0v) is 39.6. The fourth-order valence-corrected chi connectivity index (χ4v) is 7.69. The molecule has 0 bridgehead atoms. The highest BCUT2D eigenvalue weighted by atomic mass is 16.4. The van der Waals surface area contributed by atoms with Crippen LogP contribution in [0.4, 0.5) is 34.1 Å². The molecule has 382 valence electrons. The quantitative estimate of drug-likeness (QED) is 0.0475. The third kappa shape index (κ3) is 13.7. The molecular formula is C55H38N8O14. The van der Waals surface area contributed by atoms with Crippen molar-refractivity contribution in [1.82, 2.24) is 19.9 Å². The number of ketones is 2. The third-order valence-electron chi connectivity index (χ3n) is 11.2. The first-order valence-electron chi connectivity index (χ1n) is 22.1. The van der Waals surface area contributed by atoms with Gasteiger partial charge in [-0.1, -0.05) is 36.4 Å². The average Bonchev–Trinajstić information content (AvgIpc) is 3.42. The summed E-state index contributed by atoms with van der Waals surface area (Å²) in [6, 6.07) is 41.3. The molecule has 12 rings (SSSR count). The minimum atomic E-state index is -0.913. The molecule has 0 saturated carbocycles. The topological polar surface area (TPSA) is 379 Å². The van der Waals surface area contributed by atoms with E-state index >= 15 is 0 Å². The number of carboxylic acids is 2. The first-order chi connectivity index (χ1) is 37.0. The maximum Gasteiger partial charge on any atom is 0.373 e. The van der Waals surface area contributed by atoms with E-state index in [4.69, 9.17) is 70.4 Å². The second-order valence-corrected chi connectivity index (χ2v) is 16.0. The van der Waals surface area contributed by atoms with Gasteiger partial charge in [0.15, 0.2) is 11.5 Å². The Kier molecular flexibility index (Phi) is 17.9. The molecule has 10 N–H and O–H groups in total. The fraction of sp³-hybridized carbons (Fsp3) is 0.0364.